The molecule has 0 radical (unpaired) electrons. The molecule has 1 N–H and O–H groups in total. The number of nitrogens with zero attached hydrogens (tertiary/aromatic N) is 4. The van der Waals surface area contributed by atoms with Crippen molar-refractivity contribution in [1.82, 2.24) is 10.3 Å². The molecule has 1 saturated heterocycles. The molecule has 1 aliphatic rings. The lowest BCUT2D eigenvalue weighted by Crippen LogP contribution is -2.29. The van der Waals surface area contributed by atoms with E-state index in [0.29, 0.717) is 22.2 Å². The Morgan fingerprint density at radius 1 is 0.833 bits per heavy atom. The predicted octanol–water partition coefficient (Wildman–Crippen LogP) is 7.49. The van der Waals surface area contributed by atoms with Crippen LogP contribution in [0.15, 0.2) is 124 Å². The van der Waals surface area contributed by atoms with Crippen molar-refractivity contribution in [2.45, 2.75) is 21.9 Å². The van der Waals surface area contributed by atoms with E-state index in [9.17, 15) is 20.2 Å². The fourth-order valence-electron chi connectivity index (χ4n) is 4.81. The summed E-state index contributed by atoms with van der Waals surface area (Å²) in [5.41, 5.74) is 2.24. The number of furan rings is 1. The largest absolute Gasteiger partial charge is 0.459 e. The van der Waals surface area contributed by atoms with Crippen LogP contribution in [-0.2, 0) is 0 Å². The summed E-state index contributed by atoms with van der Waals surface area (Å²) in [7, 11) is 0. The first-order chi connectivity index (χ1) is 20.4. The first-order valence-corrected chi connectivity index (χ1v) is 14.0. The maximum atomic E-state index is 11.3. The van der Waals surface area contributed by atoms with E-state index in [1.165, 1.54) is 36.0 Å². The minimum Gasteiger partial charge on any atom is -0.459 e. The van der Waals surface area contributed by atoms with E-state index < -0.39 is 15.9 Å². The zero-order valence-electron chi connectivity index (χ0n) is 21.7. The summed E-state index contributed by atoms with van der Waals surface area (Å²) in [6.45, 7) is 0. The Morgan fingerprint density at radius 2 is 1.55 bits per heavy atom. The van der Waals surface area contributed by atoms with Gasteiger partial charge in [-0.25, -0.2) is 0 Å². The molecule has 0 unspecified atom stereocenters. The SMILES string of the molecule is O=[N+]([O-])c1ccc(Sc2ccc(N3C(=S)N[C@H](c4ccccn4)[C@H]3c3ccc(-c4cccc([N+](=O)[O-])c4)o3)cc2)cc1. The Morgan fingerprint density at radius 3 is 2.21 bits per heavy atom. The number of rotatable bonds is 8. The molecule has 0 aliphatic carbocycles. The maximum absolute atomic E-state index is 11.3. The number of nitro benzene ring substituents is 2. The van der Waals surface area contributed by atoms with Gasteiger partial charge in [-0.3, -0.25) is 25.2 Å². The van der Waals surface area contributed by atoms with E-state index in [4.69, 9.17) is 16.6 Å². The molecule has 208 valence electrons. The van der Waals surface area contributed by atoms with Crippen molar-refractivity contribution in [1.29, 1.82) is 0 Å². The number of aromatic nitrogens is 1. The van der Waals surface area contributed by atoms with E-state index in [1.54, 1.807) is 36.5 Å². The minimum atomic E-state index is -0.435. The molecule has 42 heavy (non-hydrogen) atoms. The Hall–Kier alpha value is -5.07. The molecule has 10 nitrogen and oxygen atoms in total. The Bertz CT molecular complexity index is 1780. The summed E-state index contributed by atoms with van der Waals surface area (Å²) in [4.78, 5) is 29.8. The van der Waals surface area contributed by atoms with E-state index in [-0.39, 0.29) is 17.4 Å². The van der Waals surface area contributed by atoms with E-state index in [1.807, 2.05) is 53.4 Å². The molecular formula is C30H21N5O5S2. The molecule has 1 fully saturated rings. The van der Waals surface area contributed by atoms with Gasteiger partial charge < -0.3 is 14.6 Å². The standard InChI is InChI=1S/C30H21N5O5S2/c36-34(37)21-9-13-24(14-10-21)42-23-11-7-20(8-12-23)33-29(28(32-30(33)41)25-6-1-2-17-31-25)27-16-15-26(40-27)19-4-3-5-22(18-19)35(38)39/h1-18,28-29H,(H,32,41)/t28-,29-/m1/s1. The highest BCUT2D eigenvalue weighted by Crippen LogP contribution is 2.43. The summed E-state index contributed by atoms with van der Waals surface area (Å²) in [5.74, 6) is 1.12. The van der Waals surface area contributed by atoms with Crippen molar-refractivity contribution in [3.05, 3.63) is 141 Å². The molecule has 3 aromatic carbocycles. The van der Waals surface area contributed by atoms with Gasteiger partial charge in [0.1, 0.15) is 17.6 Å². The van der Waals surface area contributed by atoms with Crippen LogP contribution in [0.5, 0.6) is 0 Å². The Labute approximate surface area is 249 Å². The van der Waals surface area contributed by atoms with Gasteiger partial charge in [-0.05, 0) is 72.9 Å². The van der Waals surface area contributed by atoms with Crippen molar-refractivity contribution in [2.75, 3.05) is 4.90 Å². The average Bonchev–Trinajstić information content (AvgIpc) is 3.63. The fraction of sp³-hybridized carbons (Fsp3) is 0.0667. The molecule has 0 bridgehead atoms. The predicted molar refractivity (Wildman–Crippen MR) is 162 cm³/mol. The summed E-state index contributed by atoms with van der Waals surface area (Å²) in [6, 6.07) is 29.2. The second kappa shape index (κ2) is 11.4. The van der Waals surface area contributed by atoms with Crippen LogP contribution in [0, 0.1) is 20.2 Å². The summed E-state index contributed by atoms with van der Waals surface area (Å²) < 4.78 is 6.33. The number of benzene rings is 3. The van der Waals surface area contributed by atoms with Crippen LogP contribution in [0.25, 0.3) is 11.3 Å². The van der Waals surface area contributed by atoms with Gasteiger partial charge in [-0.1, -0.05) is 30.0 Å². The van der Waals surface area contributed by atoms with E-state index in [0.717, 1.165) is 21.2 Å². The molecule has 0 saturated carbocycles. The highest BCUT2D eigenvalue weighted by molar-refractivity contribution is 7.99. The third kappa shape index (κ3) is 5.45. The monoisotopic (exact) mass is 595 g/mol. The lowest BCUT2D eigenvalue weighted by atomic mass is 10.0. The molecule has 2 aromatic heterocycles. The Kier molecular flexibility index (Phi) is 7.38. The highest BCUT2D eigenvalue weighted by Gasteiger charge is 2.42. The van der Waals surface area contributed by atoms with Crippen molar-refractivity contribution in [3.8, 4) is 11.3 Å². The van der Waals surface area contributed by atoms with Gasteiger partial charge in [0.15, 0.2) is 5.11 Å². The third-order valence-corrected chi connectivity index (χ3v) is 8.09. The molecule has 3 heterocycles. The van der Waals surface area contributed by atoms with Crippen molar-refractivity contribution >= 4 is 46.2 Å². The van der Waals surface area contributed by atoms with Crippen LogP contribution < -0.4 is 10.2 Å². The number of nitro groups is 2. The number of anilines is 1. The van der Waals surface area contributed by atoms with E-state index >= 15 is 0 Å². The van der Waals surface area contributed by atoms with Crippen LogP contribution in [-0.4, -0.2) is 19.9 Å². The van der Waals surface area contributed by atoms with Gasteiger partial charge in [-0.15, -0.1) is 0 Å². The number of nitrogens with one attached hydrogen (secondary N) is 1. The number of pyridine rings is 1. The highest BCUT2D eigenvalue weighted by atomic mass is 32.2. The molecule has 5 aromatic rings. The molecule has 1 aliphatic heterocycles. The third-order valence-electron chi connectivity index (χ3n) is 6.76. The van der Waals surface area contributed by atoms with Gasteiger partial charge >= 0.3 is 0 Å². The van der Waals surface area contributed by atoms with Crippen molar-refractivity contribution in [3.63, 3.8) is 0 Å². The fourth-order valence-corrected chi connectivity index (χ4v) is 5.97. The number of thiocarbonyl (C=S) groups is 1. The average molecular weight is 596 g/mol. The molecule has 0 amide bonds. The van der Waals surface area contributed by atoms with Gasteiger partial charge in [0, 0.05) is 51.5 Å². The van der Waals surface area contributed by atoms with Crippen molar-refractivity contribution in [2.24, 2.45) is 0 Å². The minimum absolute atomic E-state index is 0.0196. The van der Waals surface area contributed by atoms with Crippen molar-refractivity contribution < 1.29 is 14.3 Å². The lowest BCUT2D eigenvalue weighted by Gasteiger charge is -2.26. The van der Waals surface area contributed by atoms with E-state index in [2.05, 4.69) is 10.3 Å². The molecular weight excluding hydrogens is 574 g/mol. The van der Waals surface area contributed by atoms with Gasteiger partial charge in [0.05, 0.1) is 21.6 Å². The quantitative estimate of drug-likeness (QED) is 0.109. The topological polar surface area (TPSA) is 128 Å². The van der Waals surface area contributed by atoms with Crippen LogP contribution in [0.4, 0.5) is 17.1 Å². The van der Waals surface area contributed by atoms with Gasteiger partial charge in [0.25, 0.3) is 11.4 Å². The zero-order valence-corrected chi connectivity index (χ0v) is 23.3. The van der Waals surface area contributed by atoms with Gasteiger partial charge in [0.2, 0.25) is 0 Å². The molecule has 0 spiro atoms. The van der Waals surface area contributed by atoms with Crippen LogP contribution >= 0.6 is 24.0 Å². The first kappa shape index (κ1) is 27.1. The number of hydrogen-bond acceptors (Lipinski definition) is 8. The molecule has 2 atom stereocenters. The summed E-state index contributed by atoms with van der Waals surface area (Å²) >= 11 is 7.30. The Balaban J connectivity index is 1.32. The smallest absolute Gasteiger partial charge is 0.270 e. The van der Waals surface area contributed by atoms with Crippen LogP contribution in [0.2, 0.25) is 0 Å². The van der Waals surface area contributed by atoms with Crippen LogP contribution in [0.3, 0.4) is 0 Å². The summed E-state index contributed by atoms with van der Waals surface area (Å²) in [5, 5.41) is 26.2. The zero-order chi connectivity index (χ0) is 29.2. The normalized spacial score (nSPS) is 16.3. The molecule has 12 heteroatoms. The summed E-state index contributed by atoms with van der Waals surface area (Å²) in [6.07, 6.45) is 1.72. The van der Waals surface area contributed by atoms with Crippen LogP contribution in [0.1, 0.15) is 23.5 Å². The second-order valence-electron chi connectivity index (χ2n) is 9.35. The lowest BCUT2D eigenvalue weighted by molar-refractivity contribution is -0.385. The number of hydrogen-bond donors (Lipinski definition) is 1. The second-order valence-corrected chi connectivity index (χ2v) is 10.9. The number of non-ortho nitro benzene ring substituents is 2. The maximum Gasteiger partial charge on any atom is 0.270 e. The first-order valence-electron chi connectivity index (χ1n) is 12.7. The molecule has 6 rings (SSSR count). The van der Waals surface area contributed by atoms with Gasteiger partial charge in [-0.2, -0.15) is 0 Å².